The van der Waals surface area contributed by atoms with Crippen molar-refractivity contribution in [3.05, 3.63) is 45.8 Å². The number of carboxylic acids is 1. The molecule has 20 heavy (non-hydrogen) atoms. The van der Waals surface area contributed by atoms with E-state index in [1.54, 1.807) is 0 Å². The van der Waals surface area contributed by atoms with Crippen molar-refractivity contribution in [2.75, 3.05) is 0 Å². The zero-order chi connectivity index (χ0) is 14.7. The van der Waals surface area contributed by atoms with Crippen molar-refractivity contribution in [1.29, 1.82) is 0 Å². The number of nitrogens with zero attached hydrogens (tertiary/aromatic N) is 1. The number of carboxylic acid groups (broad SMARTS) is 1. The van der Waals surface area contributed by atoms with Gasteiger partial charge in [-0.2, -0.15) is 0 Å². The van der Waals surface area contributed by atoms with Gasteiger partial charge in [-0.25, -0.2) is 4.79 Å². The Kier molecular flexibility index (Phi) is 4.44. The molecule has 1 N–H and O–H groups in total. The third-order valence-corrected chi connectivity index (χ3v) is 3.24. The average molecular weight is 340 g/mol. The molecule has 0 radical (unpaired) electrons. The first-order valence-electron chi connectivity index (χ1n) is 6.08. The molecule has 0 amide bonds. The van der Waals surface area contributed by atoms with Gasteiger partial charge >= 0.3 is 5.97 Å². The lowest BCUT2D eigenvalue weighted by molar-refractivity contribution is 0.0685. The molecule has 106 valence electrons. The summed E-state index contributed by atoms with van der Waals surface area (Å²) < 4.78 is 11.6. The number of rotatable bonds is 5. The molecule has 0 saturated carbocycles. The van der Waals surface area contributed by atoms with Crippen LogP contribution in [0.1, 0.15) is 41.6 Å². The molecule has 0 bridgehead atoms. The highest BCUT2D eigenvalue weighted by molar-refractivity contribution is 9.10. The van der Waals surface area contributed by atoms with Crippen LogP contribution in [0, 0.1) is 0 Å². The van der Waals surface area contributed by atoms with Crippen LogP contribution in [0.15, 0.2) is 33.3 Å². The van der Waals surface area contributed by atoms with Crippen LogP contribution in [0.4, 0.5) is 0 Å². The second-order valence-electron chi connectivity index (χ2n) is 4.61. The summed E-state index contributed by atoms with van der Waals surface area (Å²) in [5, 5.41) is 12.2. The van der Waals surface area contributed by atoms with Gasteiger partial charge in [0, 0.05) is 10.5 Å². The van der Waals surface area contributed by atoms with Gasteiger partial charge in [0.1, 0.15) is 12.4 Å². The van der Waals surface area contributed by atoms with Gasteiger partial charge in [0.25, 0.3) is 0 Å². The zero-order valence-electron chi connectivity index (χ0n) is 11.1. The van der Waals surface area contributed by atoms with E-state index in [4.69, 9.17) is 14.4 Å². The summed E-state index contributed by atoms with van der Waals surface area (Å²) in [6.45, 7) is 4.29. The highest BCUT2D eigenvalue weighted by Crippen LogP contribution is 2.30. The first kappa shape index (κ1) is 14.6. The predicted molar refractivity (Wildman–Crippen MR) is 76.0 cm³/mol. The normalized spacial score (nSPS) is 10.8. The number of halogens is 1. The standard InChI is InChI=1S/C14H14BrNO4/c1-8(2)11-5-9(15)3-4-13(11)19-7-10-6-12(14(17)18)16-20-10/h3-6,8H,7H2,1-2H3,(H,17,18). The summed E-state index contributed by atoms with van der Waals surface area (Å²) in [5.41, 5.74) is 0.945. The molecule has 0 unspecified atom stereocenters. The topological polar surface area (TPSA) is 72.6 Å². The second kappa shape index (κ2) is 6.09. The summed E-state index contributed by atoms with van der Waals surface area (Å²) in [7, 11) is 0. The molecular formula is C14H14BrNO4. The summed E-state index contributed by atoms with van der Waals surface area (Å²) >= 11 is 3.43. The maximum absolute atomic E-state index is 10.7. The SMILES string of the molecule is CC(C)c1cc(Br)ccc1OCc1cc(C(=O)O)no1. The molecule has 0 atom stereocenters. The zero-order valence-corrected chi connectivity index (χ0v) is 12.7. The van der Waals surface area contributed by atoms with Crippen LogP contribution in [0.3, 0.4) is 0 Å². The summed E-state index contributed by atoms with van der Waals surface area (Å²) in [6.07, 6.45) is 0. The first-order valence-corrected chi connectivity index (χ1v) is 6.88. The van der Waals surface area contributed by atoms with Crippen molar-refractivity contribution in [2.24, 2.45) is 0 Å². The van der Waals surface area contributed by atoms with Crippen molar-refractivity contribution < 1.29 is 19.2 Å². The molecule has 6 heteroatoms. The van der Waals surface area contributed by atoms with E-state index >= 15 is 0 Å². The Morgan fingerprint density at radius 1 is 1.45 bits per heavy atom. The maximum Gasteiger partial charge on any atom is 0.358 e. The minimum atomic E-state index is -1.12. The molecule has 1 aromatic heterocycles. The van der Waals surface area contributed by atoms with Crippen LogP contribution >= 0.6 is 15.9 Å². The highest BCUT2D eigenvalue weighted by Gasteiger charge is 2.13. The highest BCUT2D eigenvalue weighted by atomic mass is 79.9. The Balaban J connectivity index is 2.12. The molecule has 0 saturated heterocycles. The molecule has 0 fully saturated rings. The Morgan fingerprint density at radius 2 is 2.20 bits per heavy atom. The summed E-state index contributed by atoms with van der Waals surface area (Å²) in [4.78, 5) is 10.7. The molecule has 5 nitrogen and oxygen atoms in total. The molecular weight excluding hydrogens is 326 g/mol. The third kappa shape index (κ3) is 3.39. The molecule has 1 heterocycles. The van der Waals surface area contributed by atoms with E-state index in [-0.39, 0.29) is 12.3 Å². The Hall–Kier alpha value is -1.82. The summed E-state index contributed by atoms with van der Waals surface area (Å²) in [5.74, 6) is 0.315. The predicted octanol–water partition coefficient (Wildman–Crippen LogP) is 3.84. The van der Waals surface area contributed by atoms with E-state index in [0.29, 0.717) is 11.7 Å². The van der Waals surface area contributed by atoms with Crippen LogP contribution < -0.4 is 4.74 Å². The van der Waals surface area contributed by atoms with E-state index in [9.17, 15) is 4.79 Å². The van der Waals surface area contributed by atoms with Crippen LogP contribution in [0.5, 0.6) is 5.75 Å². The Bertz CT molecular complexity index is 621. The van der Waals surface area contributed by atoms with Crippen molar-refractivity contribution in [3.8, 4) is 5.75 Å². The monoisotopic (exact) mass is 339 g/mol. The third-order valence-electron chi connectivity index (χ3n) is 2.74. The fourth-order valence-electron chi connectivity index (χ4n) is 1.73. The molecule has 0 spiro atoms. The van der Waals surface area contributed by atoms with E-state index in [0.717, 1.165) is 15.8 Å². The van der Waals surface area contributed by atoms with Gasteiger partial charge in [0.2, 0.25) is 0 Å². The van der Waals surface area contributed by atoms with Gasteiger partial charge in [0.05, 0.1) is 0 Å². The lowest BCUT2D eigenvalue weighted by Crippen LogP contribution is -1.99. The largest absolute Gasteiger partial charge is 0.485 e. The number of aromatic carboxylic acids is 1. The van der Waals surface area contributed by atoms with Crippen molar-refractivity contribution >= 4 is 21.9 Å². The van der Waals surface area contributed by atoms with Crippen LogP contribution in [0.25, 0.3) is 0 Å². The van der Waals surface area contributed by atoms with Crippen LogP contribution in [-0.2, 0) is 6.61 Å². The lowest BCUT2D eigenvalue weighted by Gasteiger charge is -2.13. The van der Waals surface area contributed by atoms with Crippen LogP contribution in [-0.4, -0.2) is 16.2 Å². The van der Waals surface area contributed by atoms with Gasteiger partial charge in [-0.1, -0.05) is 34.9 Å². The fourth-order valence-corrected chi connectivity index (χ4v) is 2.11. The summed E-state index contributed by atoms with van der Waals surface area (Å²) in [6, 6.07) is 7.12. The van der Waals surface area contributed by atoms with Gasteiger partial charge in [0.15, 0.2) is 11.5 Å². The number of aromatic nitrogens is 1. The Labute approximate surface area is 124 Å². The van der Waals surface area contributed by atoms with E-state index < -0.39 is 5.97 Å². The number of benzene rings is 1. The van der Waals surface area contributed by atoms with Gasteiger partial charge in [-0.05, 0) is 29.7 Å². The fraction of sp³-hybridized carbons (Fsp3) is 0.286. The molecule has 2 rings (SSSR count). The van der Waals surface area contributed by atoms with E-state index in [1.807, 2.05) is 18.2 Å². The minimum absolute atomic E-state index is 0.122. The lowest BCUT2D eigenvalue weighted by atomic mass is 10.0. The van der Waals surface area contributed by atoms with Crippen molar-refractivity contribution in [2.45, 2.75) is 26.4 Å². The second-order valence-corrected chi connectivity index (χ2v) is 5.52. The van der Waals surface area contributed by atoms with Crippen molar-refractivity contribution in [3.63, 3.8) is 0 Å². The maximum atomic E-state index is 10.7. The van der Waals surface area contributed by atoms with Crippen molar-refractivity contribution in [1.82, 2.24) is 5.16 Å². The molecule has 0 aliphatic carbocycles. The average Bonchev–Trinajstić information content (AvgIpc) is 2.86. The smallest absolute Gasteiger partial charge is 0.358 e. The number of carbonyl (C=O) groups is 1. The number of hydrogen-bond donors (Lipinski definition) is 1. The minimum Gasteiger partial charge on any atom is -0.485 e. The van der Waals surface area contributed by atoms with Crippen LogP contribution in [0.2, 0.25) is 0 Å². The number of ether oxygens (including phenoxy) is 1. The molecule has 2 aromatic rings. The van der Waals surface area contributed by atoms with Gasteiger partial charge in [-0.15, -0.1) is 0 Å². The first-order chi connectivity index (χ1) is 9.47. The Morgan fingerprint density at radius 3 is 2.80 bits per heavy atom. The number of hydrogen-bond acceptors (Lipinski definition) is 4. The molecule has 1 aromatic carbocycles. The van der Waals surface area contributed by atoms with E-state index in [1.165, 1.54) is 6.07 Å². The van der Waals surface area contributed by atoms with E-state index in [2.05, 4.69) is 34.9 Å². The quantitative estimate of drug-likeness (QED) is 0.895. The molecule has 0 aliphatic rings. The van der Waals surface area contributed by atoms with Gasteiger partial charge in [-0.3, -0.25) is 0 Å². The van der Waals surface area contributed by atoms with Gasteiger partial charge < -0.3 is 14.4 Å². The molecule has 0 aliphatic heterocycles.